The van der Waals surface area contributed by atoms with Crippen LogP contribution >= 0.6 is 0 Å². The molecule has 5 nitrogen and oxygen atoms in total. The highest BCUT2D eigenvalue weighted by Gasteiger charge is 2.33. The maximum Gasteiger partial charge on any atom is 0.236 e. The van der Waals surface area contributed by atoms with Crippen LogP contribution < -0.4 is 0 Å². The lowest BCUT2D eigenvalue weighted by molar-refractivity contribution is 0.151. The highest BCUT2D eigenvalue weighted by molar-refractivity contribution is 7.92. The lowest BCUT2D eigenvalue weighted by atomic mass is 10.2. The van der Waals surface area contributed by atoms with Gasteiger partial charge < -0.3 is 9.64 Å². The van der Waals surface area contributed by atoms with E-state index in [9.17, 15) is 8.42 Å². The number of benzene rings is 1. The topological polar surface area (TPSA) is 49.9 Å². The Morgan fingerprint density at radius 2 is 2.09 bits per heavy atom. The number of hydrogen-bond acceptors (Lipinski definition) is 4. The van der Waals surface area contributed by atoms with Crippen LogP contribution in [0.25, 0.3) is 6.08 Å². The van der Waals surface area contributed by atoms with Gasteiger partial charge in [-0.15, -0.1) is 0 Å². The number of sulfonamides is 1. The van der Waals surface area contributed by atoms with E-state index in [0.717, 1.165) is 31.5 Å². The van der Waals surface area contributed by atoms with Crippen molar-refractivity contribution in [3.8, 4) is 0 Å². The summed E-state index contributed by atoms with van der Waals surface area (Å²) in [6.45, 7) is 2.80. The maximum absolute atomic E-state index is 12.6. The summed E-state index contributed by atoms with van der Waals surface area (Å²) in [6, 6.07) is 9.55. The molecule has 1 atom stereocenters. The first-order valence-electron chi connectivity index (χ1n) is 7.95. The summed E-state index contributed by atoms with van der Waals surface area (Å²) < 4.78 is 31.9. The molecule has 0 saturated carbocycles. The predicted molar refractivity (Wildman–Crippen MR) is 93.5 cm³/mol. The molecule has 0 aliphatic carbocycles. The van der Waals surface area contributed by atoms with Crippen LogP contribution in [0.5, 0.6) is 0 Å². The number of ether oxygens (including phenoxy) is 1. The van der Waals surface area contributed by atoms with Crippen molar-refractivity contribution in [2.24, 2.45) is 0 Å². The number of likely N-dealkylation sites (N-methyl/N-ethyl adjacent to an activating group) is 1. The van der Waals surface area contributed by atoms with Crippen molar-refractivity contribution in [3.05, 3.63) is 41.3 Å². The summed E-state index contributed by atoms with van der Waals surface area (Å²) in [5.74, 6) is 0. The van der Waals surface area contributed by atoms with Crippen molar-refractivity contribution in [2.45, 2.75) is 18.9 Å². The van der Waals surface area contributed by atoms with E-state index in [1.54, 1.807) is 17.5 Å². The minimum Gasteiger partial charge on any atom is -0.383 e. The molecule has 1 aromatic rings. The third-order valence-electron chi connectivity index (χ3n) is 4.08. The summed E-state index contributed by atoms with van der Waals surface area (Å²) in [4.78, 5) is 2.13. The molecule has 0 amide bonds. The smallest absolute Gasteiger partial charge is 0.236 e. The number of methoxy groups -OCH3 is 1. The molecule has 2 rings (SSSR count). The minimum absolute atomic E-state index is 0.0438. The standard InChI is InChI=1S/C17H26N2O3S/c1-18(12-13-22-2)15-17-9-6-11-19(17)23(20,21)14-10-16-7-4-3-5-8-16/h3-5,7-8,10,14,17H,6,9,11-13,15H2,1-2H3/b14-10+. The van der Waals surface area contributed by atoms with E-state index >= 15 is 0 Å². The molecular formula is C17H26N2O3S. The maximum atomic E-state index is 12.6. The molecule has 0 bridgehead atoms. The van der Waals surface area contributed by atoms with Crippen molar-refractivity contribution < 1.29 is 13.2 Å². The Labute approximate surface area is 139 Å². The van der Waals surface area contributed by atoms with Crippen LogP contribution in [0.3, 0.4) is 0 Å². The van der Waals surface area contributed by atoms with Gasteiger partial charge in [0.25, 0.3) is 0 Å². The van der Waals surface area contributed by atoms with Gasteiger partial charge in [0, 0.05) is 38.2 Å². The van der Waals surface area contributed by atoms with Gasteiger partial charge in [0.05, 0.1) is 6.61 Å². The predicted octanol–water partition coefficient (Wildman–Crippen LogP) is 2.03. The first kappa shape index (κ1) is 18.1. The number of hydrogen-bond donors (Lipinski definition) is 0. The second kappa shape index (κ2) is 8.59. The lowest BCUT2D eigenvalue weighted by Gasteiger charge is -2.27. The van der Waals surface area contributed by atoms with Gasteiger partial charge >= 0.3 is 0 Å². The van der Waals surface area contributed by atoms with Gasteiger partial charge in [-0.2, -0.15) is 4.31 Å². The van der Waals surface area contributed by atoms with Gasteiger partial charge in [-0.25, -0.2) is 8.42 Å². The van der Waals surface area contributed by atoms with E-state index in [4.69, 9.17) is 4.74 Å². The first-order valence-corrected chi connectivity index (χ1v) is 9.46. The van der Waals surface area contributed by atoms with Crippen molar-refractivity contribution in [1.82, 2.24) is 9.21 Å². The molecule has 1 fully saturated rings. The van der Waals surface area contributed by atoms with Gasteiger partial charge in [-0.05, 0) is 31.5 Å². The fourth-order valence-electron chi connectivity index (χ4n) is 2.83. The van der Waals surface area contributed by atoms with Crippen LogP contribution in [0.1, 0.15) is 18.4 Å². The lowest BCUT2D eigenvalue weighted by Crippen LogP contribution is -2.42. The SMILES string of the molecule is COCCN(C)CC1CCCN1S(=O)(=O)/C=C/c1ccccc1. The minimum atomic E-state index is -3.38. The van der Waals surface area contributed by atoms with E-state index in [0.29, 0.717) is 13.2 Å². The summed E-state index contributed by atoms with van der Waals surface area (Å²) in [5.41, 5.74) is 0.893. The van der Waals surface area contributed by atoms with Crippen LogP contribution in [0.4, 0.5) is 0 Å². The molecule has 6 heteroatoms. The first-order chi connectivity index (χ1) is 11.0. The molecule has 1 heterocycles. The van der Waals surface area contributed by atoms with Crippen LogP contribution in [0.2, 0.25) is 0 Å². The summed E-state index contributed by atoms with van der Waals surface area (Å²) in [5, 5.41) is 1.33. The van der Waals surface area contributed by atoms with Gasteiger partial charge in [0.2, 0.25) is 10.0 Å². The summed E-state index contributed by atoms with van der Waals surface area (Å²) in [7, 11) is 0.298. The molecule has 1 aliphatic rings. The van der Waals surface area contributed by atoms with Gasteiger partial charge in [0.1, 0.15) is 0 Å². The quantitative estimate of drug-likeness (QED) is 0.728. The Kier molecular flexibility index (Phi) is 6.77. The Bertz CT molecular complexity index is 602. The molecule has 1 aliphatic heterocycles. The van der Waals surface area contributed by atoms with E-state index in [1.807, 2.05) is 37.4 Å². The molecule has 1 saturated heterocycles. The molecule has 0 radical (unpaired) electrons. The third-order valence-corrected chi connectivity index (χ3v) is 5.70. The third kappa shape index (κ3) is 5.42. The summed E-state index contributed by atoms with van der Waals surface area (Å²) >= 11 is 0. The average Bonchev–Trinajstić information content (AvgIpc) is 3.01. The van der Waals surface area contributed by atoms with Crippen LogP contribution in [0, 0.1) is 0 Å². The molecule has 1 unspecified atom stereocenters. The zero-order chi connectivity index (χ0) is 16.7. The van der Waals surface area contributed by atoms with Gasteiger partial charge in [-0.1, -0.05) is 30.3 Å². The van der Waals surface area contributed by atoms with Crippen molar-refractivity contribution in [1.29, 1.82) is 0 Å². The van der Waals surface area contributed by atoms with Crippen molar-refractivity contribution >= 4 is 16.1 Å². The second-order valence-corrected chi connectivity index (χ2v) is 7.69. The van der Waals surface area contributed by atoms with E-state index < -0.39 is 10.0 Å². The van der Waals surface area contributed by atoms with Crippen molar-refractivity contribution in [2.75, 3.05) is 40.4 Å². The number of nitrogens with zero attached hydrogens (tertiary/aromatic N) is 2. The van der Waals surface area contributed by atoms with Crippen LogP contribution in [-0.4, -0.2) is 64.1 Å². The largest absolute Gasteiger partial charge is 0.383 e. The van der Waals surface area contributed by atoms with Gasteiger partial charge in [0.15, 0.2) is 0 Å². The van der Waals surface area contributed by atoms with E-state index in [1.165, 1.54) is 5.41 Å². The molecule has 128 valence electrons. The van der Waals surface area contributed by atoms with Crippen molar-refractivity contribution in [3.63, 3.8) is 0 Å². The molecule has 1 aromatic carbocycles. The zero-order valence-corrected chi connectivity index (χ0v) is 14.7. The fourth-order valence-corrected chi connectivity index (χ4v) is 4.29. The normalized spacial score (nSPS) is 19.9. The van der Waals surface area contributed by atoms with E-state index in [2.05, 4.69) is 4.90 Å². The monoisotopic (exact) mass is 338 g/mol. The summed E-state index contributed by atoms with van der Waals surface area (Å²) in [6.07, 6.45) is 3.50. The Hall–Kier alpha value is -1.21. The average molecular weight is 338 g/mol. The molecule has 23 heavy (non-hydrogen) atoms. The highest BCUT2D eigenvalue weighted by atomic mass is 32.2. The molecular weight excluding hydrogens is 312 g/mol. The number of rotatable bonds is 8. The zero-order valence-electron chi connectivity index (χ0n) is 13.9. The molecule has 0 N–H and O–H groups in total. The Morgan fingerprint density at radius 1 is 1.35 bits per heavy atom. The fraction of sp³-hybridized carbons (Fsp3) is 0.529. The highest BCUT2D eigenvalue weighted by Crippen LogP contribution is 2.23. The van der Waals surface area contributed by atoms with Crippen LogP contribution in [0.15, 0.2) is 35.7 Å². The van der Waals surface area contributed by atoms with Gasteiger partial charge in [-0.3, -0.25) is 0 Å². The Morgan fingerprint density at radius 3 is 2.78 bits per heavy atom. The second-order valence-electron chi connectivity index (χ2n) is 5.92. The van der Waals surface area contributed by atoms with Crippen LogP contribution in [-0.2, 0) is 14.8 Å². The van der Waals surface area contributed by atoms with E-state index in [-0.39, 0.29) is 6.04 Å². The molecule has 0 aromatic heterocycles. The molecule has 0 spiro atoms. The Balaban J connectivity index is 2.01.